The molecule has 86 valence electrons. The molecule has 0 aromatic carbocycles. The maximum atomic E-state index is 10.8. The quantitative estimate of drug-likeness (QED) is 0.829. The molecule has 1 N–H and O–H groups in total. The van der Waals surface area contributed by atoms with Crippen molar-refractivity contribution in [2.45, 2.75) is 38.5 Å². The van der Waals surface area contributed by atoms with Gasteiger partial charge in [0.05, 0.1) is 5.92 Å². The Kier molecular flexibility index (Phi) is 3.17. The highest BCUT2D eigenvalue weighted by Gasteiger charge is 2.27. The van der Waals surface area contributed by atoms with Gasteiger partial charge in [-0.15, -0.1) is 0 Å². The summed E-state index contributed by atoms with van der Waals surface area (Å²) in [6, 6.07) is 1.94. The Balaban J connectivity index is 2.01. The molecule has 1 fully saturated rings. The molecular formula is C12H16N2O2. The maximum absolute atomic E-state index is 10.8. The largest absolute Gasteiger partial charge is 0.481 e. The van der Waals surface area contributed by atoms with E-state index in [4.69, 9.17) is 5.11 Å². The number of carboxylic acids is 1. The number of aryl methyl sites for hydroxylation is 1. The fourth-order valence-electron chi connectivity index (χ4n) is 2.34. The van der Waals surface area contributed by atoms with Crippen molar-refractivity contribution in [2.75, 3.05) is 0 Å². The number of hydrogen-bond acceptors (Lipinski definition) is 3. The number of aliphatic carboxylic acids is 1. The maximum Gasteiger partial charge on any atom is 0.306 e. The standard InChI is InChI=1S/C12H16N2O2/c1-8-13-7-6-11(14-8)9-2-4-10(5-3-9)12(15)16/h6-7,9-10H,2-5H2,1H3,(H,15,16). The molecule has 1 aromatic rings. The average molecular weight is 220 g/mol. The van der Waals surface area contributed by atoms with Crippen LogP contribution in [0.4, 0.5) is 0 Å². The molecule has 1 heterocycles. The number of rotatable bonds is 2. The third kappa shape index (κ3) is 2.38. The number of aromatic nitrogens is 2. The zero-order valence-corrected chi connectivity index (χ0v) is 9.39. The van der Waals surface area contributed by atoms with Gasteiger partial charge in [0, 0.05) is 17.8 Å². The fraction of sp³-hybridized carbons (Fsp3) is 0.583. The van der Waals surface area contributed by atoms with Gasteiger partial charge in [0.2, 0.25) is 0 Å². The van der Waals surface area contributed by atoms with Gasteiger partial charge in [-0.25, -0.2) is 9.97 Å². The SMILES string of the molecule is Cc1nccc(C2CCC(C(=O)O)CC2)n1. The Morgan fingerprint density at radius 1 is 1.38 bits per heavy atom. The molecule has 0 radical (unpaired) electrons. The third-order valence-corrected chi connectivity index (χ3v) is 3.29. The predicted molar refractivity (Wildman–Crippen MR) is 59.1 cm³/mol. The summed E-state index contributed by atoms with van der Waals surface area (Å²) in [6.45, 7) is 1.88. The Hall–Kier alpha value is -1.45. The first kappa shape index (κ1) is 11.0. The summed E-state index contributed by atoms with van der Waals surface area (Å²) in [4.78, 5) is 19.3. The van der Waals surface area contributed by atoms with Crippen molar-refractivity contribution in [1.82, 2.24) is 9.97 Å². The zero-order chi connectivity index (χ0) is 11.5. The monoisotopic (exact) mass is 220 g/mol. The molecule has 0 unspecified atom stereocenters. The van der Waals surface area contributed by atoms with E-state index < -0.39 is 5.97 Å². The summed E-state index contributed by atoms with van der Waals surface area (Å²) < 4.78 is 0. The third-order valence-electron chi connectivity index (χ3n) is 3.29. The van der Waals surface area contributed by atoms with E-state index in [9.17, 15) is 4.79 Å². The minimum atomic E-state index is -0.655. The van der Waals surface area contributed by atoms with E-state index in [1.807, 2.05) is 13.0 Å². The molecule has 2 rings (SSSR count). The van der Waals surface area contributed by atoms with Crippen LogP contribution < -0.4 is 0 Å². The van der Waals surface area contributed by atoms with Crippen molar-refractivity contribution in [2.24, 2.45) is 5.92 Å². The smallest absolute Gasteiger partial charge is 0.306 e. The van der Waals surface area contributed by atoms with Crippen LogP contribution in [0.2, 0.25) is 0 Å². The lowest BCUT2D eigenvalue weighted by atomic mass is 9.80. The second-order valence-electron chi connectivity index (χ2n) is 4.42. The molecular weight excluding hydrogens is 204 g/mol. The Morgan fingerprint density at radius 3 is 2.62 bits per heavy atom. The van der Waals surface area contributed by atoms with Crippen LogP contribution in [0.25, 0.3) is 0 Å². The van der Waals surface area contributed by atoms with Crippen molar-refractivity contribution in [3.8, 4) is 0 Å². The Labute approximate surface area is 94.7 Å². The van der Waals surface area contributed by atoms with Crippen LogP contribution in [0.3, 0.4) is 0 Å². The minimum Gasteiger partial charge on any atom is -0.481 e. The highest BCUT2D eigenvalue weighted by atomic mass is 16.4. The van der Waals surface area contributed by atoms with Crippen LogP contribution in [-0.4, -0.2) is 21.0 Å². The van der Waals surface area contributed by atoms with Gasteiger partial charge < -0.3 is 5.11 Å². The first-order valence-corrected chi connectivity index (χ1v) is 5.69. The van der Waals surface area contributed by atoms with E-state index in [0.29, 0.717) is 5.92 Å². The van der Waals surface area contributed by atoms with Crippen molar-refractivity contribution in [3.05, 3.63) is 23.8 Å². The summed E-state index contributed by atoms with van der Waals surface area (Å²) >= 11 is 0. The summed E-state index contributed by atoms with van der Waals surface area (Å²) in [5.74, 6) is 0.395. The van der Waals surface area contributed by atoms with Crippen molar-refractivity contribution in [1.29, 1.82) is 0 Å². The van der Waals surface area contributed by atoms with Gasteiger partial charge in [0.25, 0.3) is 0 Å². The van der Waals surface area contributed by atoms with Gasteiger partial charge in [-0.2, -0.15) is 0 Å². The van der Waals surface area contributed by atoms with Gasteiger partial charge in [-0.05, 0) is 38.7 Å². The molecule has 1 saturated carbocycles. The summed E-state index contributed by atoms with van der Waals surface area (Å²) in [6.07, 6.45) is 5.16. The summed E-state index contributed by atoms with van der Waals surface area (Å²) in [5, 5.41) is 8.91. The molecule has 0 aliphatic heterocycles. The van der Waals surface area contributed by atoms with E-state index in [-0.39, 0.29) is 5.92 Å². The average Bonchev–Trinajstić information content (AvgIpc) is 2.29. The van der Waals surface area contributed by atoms with E-state index in [0.717, 1.165) is 37.2 Å². The second kappa shape index (κ2) is 4.60. The van der Waals surface area contributed by atoms with Gasteiger partial charge in [0.15, 0.2) is 0 Å². The van der Waals surface area contributed by atoms with Crippen LogP contribution >= 0.6 is 0 Å². The number of carbonyl (C=O) groups is 1. The second-order valence-corrected chi connectivity index (χ2v) is 4.42. The Bertz CT molecular complexity index is 384. The molecule has 4 nitrogen and oxygen atoms in total. The van der Waals surface area contributed by atoms with E-state index in [2.05, 4.69) is 9.97 Å². The minimum absolute atomic E-state index is 0.154. The normalized spacial score (nSPS) is 25.3. The van der Waals surface area contributed by atoms with E-state index in [1.54, 1.807) is 6.20 Å². The van der Waals surface area contributed by atoms with Crippen LogP contribution in [-0.2, 0) is 4.79 Å². The van der Waals surface area contributed by atoms with E-state index in [1.165, 1.54) is 0 Å². The Morgan fingerprint density at radius 2 is 2.06 bits per heavy atom. The molecule has 16 heavy (non-hydrogen) atoms. The number of hydrogen-bond donors (Lipinski definition) is 1. The predicted octanol–water partition coefficient (Wildman–Crippen LogP) is 2.14. The first-order chi connectivity index (χ1) is 7.66. The van der Waals surface area contributed by atoms with Gasteiger partial charge >= 0.3 is 5.97 Å². The molecule has 0 amide bonds. The highest BCUT2D eigenvalue weighted by Crippen LogP contribution is 2.34. The lowest BCUT2D eigenvalue weighted by Gasteiger charge is -2.25. The van der Waals surface area contributed by atoms with Crippen LogP contribution in [0.5, 0.6) is 0 Å². The molecule has 0 spiro atoms. The molecule has 1 aliphatic carbocycles. The van der Waals surface area contributed by atoms with Gasteiger partial charge in [-0.3, -0.25) is 4.79 Å². The van der Waals surface area contributed by atoms with Crippen LogP contribution in [0.1, 0.15) is 43.1 Å². The number of nitrogens with zero attached hydrogens (tertiary/aromatic N) is 2. The first-order valence-electron chi connectivity index (χ1n) is 5.69. The fourth-order valence-corrected chi connectivity index (χ4v) is 2.34. The highest BCUT2D eigenvalue weighted by molar-refractivity contribution is 5.70. The molecule has 1 aromatic heterocycles. The summed E-state index contributed by atoms with van der Waals surface area (Å²) in [5.41, 5.74) is 1.07. The van der Waals surface area contributed by atoms with Crippen LogP contribution in [0.15, 0.2) is 12.3 Å². The van der Waals surface area contributed by atoms with Gasteiger partial charge in [0.1, 0.15) is 5.82 Å². The lowest BCUT2D eigenvalue weighted by Crippen LogP contribution is -2.21. The molecule has 0 bridgehead atoms. The lowest BCUT2D eigenvalue weighted by molar-refractivity contribution is -0.142. The van der Waals surface area contributed by atoms with E-state index >= 15 is 0 Å². The van der Waals surface area contributed by atoms with Gasteiger partial charge in [-0.1, -0.05) is 0 Å². The van der Waals surface area contributed by atoms with Crippen molar-refractivity contribution in [3.63, 3.8) is 0 Å². The van der Waals surface area contributed by atoms with Crippen molar-refractivity contribution < 1.29 is 9.90 Å². The summed E-state index contributed by atoms with van der Waals surface area (Å²) in [7, 11) is 0. The zero-order valence-electron chi connectivity index (χ0n) is 9.39. The van der Waals surface area contributed by atoms with Crippen molar-refractivity contribution >= 4 is 5.97 Å². The number of carboxylic acid groups (broad SMARTS) is 1. The molecule has 0 saturated heterocycles. The molecule has 4 heteroatoms. The topological polar surface area (TPSA) is 63.1 Å². The molecule has 1 aliphatic rings. The van der Waals surface area contributed by atoms with Crippen LogP contribution in [0, 0.1) is 12.8 Å². The molecule has 0 atom stereocenters.